The van der Waals surface area contributed by atoms with Gasteiger partial charge in [0.1, 0.15) is 5.75 Å². The summed E-state index contributed by atoms with van der Waals surface area (Å²) in [5.41, 5.74) is 2.05. The van der Waals surface area contributed by atoms with Gasteiger partial charge in [-0.1, -0.05) is 20.8 Å². The number of aromatic amines is 1. The van der Waals surface area contributed by atoms with Gasteiger partial charge in [0.05, 0.1) is 12.7 Å². The van der Waals surface area contributed by atoms with E-state index in [1.54, 1.807) is 45.6 Å². The Balaban J connectivity index is 2.86. The highest BCUT2D eigenvalue weighted by Gasteiger charge is 2.25. The highest BCUT2D eigenvalue weighted by molar-refractivity contribution is 6.01. The molecule has 2 aromatic rings. The zero-order valence-corrected chi connectivity index (χ0v) is 15.1. The Morgan fingerprint density at radius 2 is 1.83 bits per heavy atom. The van der Waals surface area contributed by atoms with Crippen molar-refractivity contribution in [1.29, 1.82) is 0 Å². The van der Waals surface area contributed by atoms with Gasteiger partial charge >= 0.3 is 0 Å². The first-order valence-electron chi connectivity index (χ1n) is 7.79. The van der Waals surface area contributed by atoms with Gasteiger partial charge in [0.2, 0.25) is 0 Å². The smallest absolute Gasteiger partial charge is 0.255 e. The number of methoxy groups -OCH3 is 1. The molecule has 1 amide bonds. The summed E-state index contributed by atoms with van der Waals surface area (Å²) in [5.74, 6) is 0.468. The average Bonchev–Trinajstić information content (AvgIpc) is 2.52. The summed E-state index contributed by atoms with van der Waals surface area (Å²) in [6, 6.07) is 7.09. The summed E-state index contributed by atoms with van der Waals surface area (Å²) in [6.07, 6.45) is 1.58. The predicted octanol–water partition coefficient (Wildman–Crippen LogP) is 3.05. The molecule has 0 aliphatic rings. The topological polar surface area (TPSA) is 62.4 Å². The molecule has 5 heteroatoms. The lowest BCUT2D eigenvalue weighted by Crippen LogP contribution is -2.24. The lowest BCUT2D eigenvalue weighted by atomic mass is 9.83. The number of hydrogen-bond donors (Lipinski definition) is 1. The fraction of sp³-hybridized carbons (Fsp3) is 0.368. The summed E-state index contributed by atoms with van der Waals surface area (Å²) >= 11 is 0. The Morgan fingerprint density at radius 1 is 1.17 bits per heavy atom. The number of carbonyl (C=O) groups excluding carboxylic acids is 1. The van der Waals surface area contributed by atoms with Crippen molar-refractivity contribution in [1.82, 2.24) is 9.88 Å². The molecule has 0 unspecified atom stereocenters. The zero-order valence-electron chi connectivity index (χ0n) is 15.1. The third-order valence-electron chi connectivity index (χ3n) is 3.89. The summed E-state index contributed by atoms with van der Waals surface area (Å²) in [7, 11) is 4.96. The summed E-state index contributed by atoms with van der Waals surface area (Å²) in [4.78, 5) is 29.1. The van der Waals surface area contributed by atoms with E-state index in [9.17, 15) is 9.59 Å². The van der Waals surface area contributed by atoms with Crippen LogP contribution in [0.3, 0.4) is 0 Å². The normalized spacial score (nSPS) is 11.2. The maximum Gasteiger partial charge on any atom is 0.255 e. The second-order valence-electron chi connectivity index (χ2n) is 6.96. The lowest BCUT2D eigenvalue weighted by Gasteiger charge is -2.25. The average molecular weight is 328 g/mol. The van der Waals surface area contributed by atoms with E-state index in [1.165, 1.54) is 4.90 Å². The van der Waals surface area contributed by atoms with Crippen molar-refractivity contribution < 1.29 is 9.53 Å². The van der Waals surface area contributed by atoms with Crippen molar-refractivity contribution in [3.8, 4) is 16.9 Å². The van der Waals surface area contributed by atoms with Gasteiger partial charge in [0, 0.05) is 37.0 Å². The Bertz CT molecular complexity index is 814. The van der Waals surface area contributed by atoms with Crippen LogP contribution in [0.5, 0.6) is 5.75 Å². The van der Waals surface area contributed by atoms with Crippen molar-refractivity contribution in [2.24, 2.45) is 0 Å². The van der Waals surface area contributed by atoms with Crippen LogP contribution in [0.25, 0.3) is 11.1 Å². The molecule has 0 saturated carbocycles. The molecule has 0 aliphatic heterocycles. The van der Waals surface area contributed by atoms with Gasteiger partial charge in [0.15, 0.2) is 0 Å². The summed E-state index contributed by atoms with van der Waals surface area (Å²) < 4.78 is 5.51. The minimum absolute atomic E-state index is 0.174. The molecule has 0 bridgehead atoms. The van der Waals surface area contributed by atoms with Crippen LogP contribution in [-0.2, 0) is 5.41 Å². The number of ether oxygens (including phenoxy) is 1. The third kappa shape index (κ3) is 3.35. The van der Waals surface area contributed by atoms with Gasteiger partial charge in [-0.05, 0) is 29.7 Å². The largest absolute Gasteiger partial charge is 0.496 e. The molecule has 0 saturated heterocycles. The van der Waals surface area contributed by atoms with Crippen molar-refractivity contribution in [2.45, 2.75) is 26.2 Å². The zero-order chi connectivity index (χ0) is 18.1. The van der Waals surface area contributed by atoms with Crippen LogP contribution in [-0.4, -0.2) is 37.0 Å². The monoisotopic (exact) mass is 328 g/mol. The molecule has 128 valence electrons. The van der Waals surface area contributed by atoms with E-state index >= 15 is 0 Å². The molecule has 5 nitrogen and oxygen atoms in total. The summed E-state index contributed by atoms with van der Waals surface area (Å²) in [6.45, 7) is 6.20. The highest BCUT2D eigenvalue weighted by Crippen LogP contribution is 2.37. The Hall–Kier alpha value is -2.56. The van der Waals surface area contributed by atoms with Gasteiger partial charge in [-0.25, -0.2) is 0 Å². The number of nitrogens with one attached hydrogen (secondary N) is 1. The number of aromatic nitrogens is 1. The second kappa shape index (κ2) is 6.51. The Morgan fingerprint density at radius 3 is 2.33 bits per heavy atom. The second-order valence-corrected chi connectivity index (χ2v) is 6.96. The molecule has 0 aliphatic carbocycles. The fourth-order valence-electron chi connectivity index (χ4n) is 2.61. The SMILES string of the molecule is COc1cc(C(=O)N(C)C)c(-c2ccc[nH]c2=O)cc1C(C)(C)C. The number of H-pyrrole nitrogens is 1. The van der Waals surface area contributed by atoms with E-state index < -0.39 is 0 Å². The van der Waals surface area contributed by atoms with E-state index in [-0.39, 0.29) is 16.9 Å². The number of rotatable bonds is 3. The van der Waals surface area contributed by atoms with Crippen molar-refractivity contribution >= 4 is 5.91 Å². The standard InChI is InChI=1S/C19H24N2O3/c1-19(2,3)15-10-13(12-8-7-9-20-17(12)22)14(11-16(15)24-6)18(23)21(4)5/h7-11H,1-6H3,(H,20,22). The minimum Gasteiger partial charge on any atom is -0.496 e. The van der Waals surface area contributed by atoms with Gasteiger partial charge in [-0.2, -0.15) is 0 Å². The van der Waals surface area contributed by atoms with E-state index in [0.29, 0.717) is 22.4 Å². The molecule has 24 heavy (non-hydrogen) atoms. The number of nitrogens with zero attached hydrogens (tertiary/aromatic N) is 1. The number of hydrogen-bond acceptors (Lipinski definition) is 3. The van der Waals surface area contributed by atoms with Crippen molar-refractivity contribution in [2.75, 3.05) is 21.2 Å². The third-order valence-corrected chi connectivity index (χ3v) is 3.89. The van der Waals surface area contributed by atoms with E-state index in [2.05, 4.69) is 25.8 Å². The molecule has 1 aromatic heterocycles. The number of amides is 1. The first kappa shape index (κ1) is 17.8. The van der Waals surface area contributed by atoms with E-state index in [4.69, 9.17) is 4.74 Å². The highest BCUT2D eigenvalue weighted by atomic mass is 16.5. The molecular formula is C19H24N2O3. The van der Waals surface area contributed by atoms with Crippen LogP contribution >= 0.6 is 0 Å². The van der Waals surface area contributed by atoms with Crippen LogP contribution in [0.15, 0.2) is 35.3 Å². The predicted molar refractivity (Wildman–Crippen MR) is 95.8 cm³/mol. The van der Waals surface area contributed by atoms with Crippen LogP contribution in [0.1, 0.15) is 36.7 Å². The summed E-state index contributed by atoms with van der Waals surface area (Å²) in [5, 5.41) is 0. The molecule has 1 N–H and O–H groups in total. The van der Waals surface area contributed by atoms with E-state index in [1.807, 2.05) is 6.07 Å². The van der Waals surface area contributed by atoms with Gasteiger partial charge in [-0.3, -0.25) is 9.59 Å². The van der Waals surface area contributed by atoms with Gasteiger partial charge in [0.25, 0.3) is 11.5 Å². The first-order chi connectivity index (χ1) is 11.2. The lowest BCUT2D eigenvalue weighted by molar-refractivity contribution is 0.0828. The molecule has 0 spiro atoms. The molecule has 1 aromatic carbocycles. The number of benzene rings is 1. The molecule has 2 rings (SSSR count). The Kier molecular flexibility index (Phi) is 4.83. The molecule has 0 radical (unpaired) electrons. The molecular weight excluding hydrogens is 304 g/mol. The maximum absolute atomic E-state index is 12.6. The molecule has 1 heterocycles. The van der Waals surface area contributed by atoms with Crippen molar-refractivity contribution in [3.05, 3.63) is 51.9 Å². The van der Waals surface area contributed by atoms with Crippen LogP contribution in [0.2, 0.25) is 0 Å². The van der Waals surface area contributed by atoms with Gasteiger partial charge in [-0.15, -0.1) is 0 Å². The van der Waals surface area contributed by atoms with Crippen LogP contribution in [0.4, 0.5) is 0 Å². The number of pyridine rings is 1. The Labute approximate surface area is 142 Å². The molecule has 0 atom stereocenters. The van der Waals surface area contributed by atoms with E-state index in [0.717, 1.165) is 5.56 Å². The minimum atomic E-state index is -0.227. The first-order valence-corrected chi connectivity index (χ1v) is 7.79. The number of carbonyl (C=O) groups is 1. The van der Waals surface area contributed by atoms with Crippen LogP contribution in [0, 0.1) is 0 Å². The molecule has 0 fully saturated rings. The van der Waals surface area contributed by atoms with Gasteiger partial charge < -0.3 is 14.6 Å². The van der Waals surface area contributed by atoms with Crippen LogP contribution < -0.4 is 10.3 Å². The quantitative estimate of drug-likeness (QED) is 0.942. The van der Waals surface area contributed by atoms with Crippen molar-refractivity contribution in [3.63, 3.8) is 0 Å². The maximum atomic E-state index is 12.6. The fourth-order valence-corrected chi connectivity index (χ4v) is 2.61.